The molecule has 7 heteroatoms. The second-order valence-electron chi connectivity index (χ2n) is 8.53. The predicted molar refractivity (Wildman–Crippen MR) is 129 cm³/mol. The highest BCUT2D eigenvalue weighted by Crippen LogP contribution is 2.32. The fourth-order valence-electron chi connectivity index (χ4n) is 4.18. The van der Waals surface area contributed by atoms with E-state index in [1.54, 1.807) is 31.4 Å². The predicted octanol–water partition coefficient (Wildman–Crippen LogP) is 3.91. The first-order chi connectivity index (χ1) is 16.0. The van der Waals surface area contributed by atoms with Gasteiger partial charge in [-0.25, -0.2) is 0 Å². The second kappa shape index (κ2) is 10.1. The summed E-state index contributed by atoms with van der Waals surface area (Å²) in [5.74, 6) is 0.0147. The molecule has 0 spiro atoms. The van der Waals surface area contributed by atoms with Gasteiger partial charge in [-0.2, -0.15) is 0 Å². The monoisotopic (exact) mass is 449 g/mol. The summed E-state index contributed by atoms with van der Waals surface area (Å²) < 4.78 is 10.8. The molecule has 0 aromatic heterocycles. The maximum absolute atomic E-state index is 13.3. The average Bonchev–Trinajstić information content (AvgIpc) is 3.43. The Morgan fingerprint density at radius 2 is 1.61 bits per heavy atom. The fraction of sp³-hybridized carbons (Fsp3) is 0.385. The van der Waals surface area contributed by atoms with Crippen LogP contribution < -0.4 is 15.0 Å². The molecule has 174 valence electrons. The molecule has 2 aliphatic heterocycles. The number of anilines is 2. The Morgan fingerprint density at radius 3 is 2.21 bits per heavy atom. The Hall–Kier alpha value is -3.32. The number of imide groups is 1. The largest absolute Gasteiger partial charge is 0.497 e. The van der Waals surface area contributed by atoms with E-state index in [4.69, 9.17) is 9.47 Å². The van der Waals surface area contributed by atoms with Gasteiger partial charge in [0, 0.05) is 24.5 Å². The van der Waals surface area contributed by atoms with E-state index in [1.165, 1.54) is 23.4 Å². The summed E-state index contributed by atoms with van der Waals surface area (Å²) in [5, 5.41) is 3.22. The number of nitrogens with zero attached hydrogens (tertiary/aromatic N) is 2. The standard InChI is InChI=1S/C26H31N3O4/c1-18(2)33-17-16-29-25(30)23(19-6-12-22(32-3)13-7-19)24(26(29)31)27-20-8-10-21(11-9-20)28-14-4-5-15-28/h6-13,18,27H,4-5,14-17H2,1-3H3. The van der Waals surface area contributed by atoms with Crippen molar-refractivity contribution >= 4 is 28.8 Å². The maximum Gasteiger partial charge on any atom is 0.278 e. The number of benzene rings is 2. The first-order valence-electron chi connectivity index (χ1n) is 11.5. The summed E-state index contributed by atoms with van der Waals surface area (Å²) in [7, 11) is 1.59. The minimum atomic E-state index is -0.346. The Morgan fingerprint density at radius 1 is 0.939 bits per heavy atom. The van der Waals surface area contributed by atoms with Gasteiger partial charge in [0.2, 0.25) is 0 Å². The van der Waals surface area contributed by atoms with Gasteiger partial charge in [-0.1, -0.05) is 12.1 Å². The molecule has 0 bridgehead atoms. The lowest BCUT2D eigenvalue weighted by molar-refractivity contribution is -0.137. The number of hydrogen-bond donors (Lipinski definition) is 1. The van der Waals surface area contributed by atoms with Crippen molar-refractivity contribution in [2.24, 2.45) is 0 Å². The Balaban J connectivity index is 1.61. The van der Waals surface area contributed by atoms with Crippen molar-refractivity contribution < 1.29 is 19.1 Å². The molecule has 1 fully saturated rings. The fourth-order valence-corrected chi connectivity index (χ4v) is 4.18. The van der Waals surface area contributed by atoms with Crippen LogP contribution in [0.1, 0.15) is 32.3 Å². The van der Waals surface area contributed by atoms with Gasteiger partial charge < -0.3 is 19.7 Å². The van der Waals surface area contributed by atoms with Crippen LogP contribution in [0.2, 0.25) is 0 Å². The normalized spacial score (nSPS) is 16.4. The first kappa shape index (κ1) is 22.9. The van der Waals surface area contributed by atoms with E-state index in [0.717, 1.165) is 18.8 Å². The molecule has 33 heavy (non-hydrogen) atoms. The molecule has 2 aliphatic rings. The van der Waals surface area contributed by atoms with Crippen LogP contribution in [0.4, 0.5) is 11.4 Å². The number of carbonyl (C=O) groups excluding carboxylic acids is 2. The minimum absolute atomic E-state index is 0.0264. The van der Waals surface area contributed by atoms with Crippen LogP contribution in [0.15, 0.2) is 54.2 Å². The Labute approximate surface area is 195 Å². The molecule has 0 aliphatic carbocycles. The van der Waals surface area contributed by atoms with Crippen LogP contribution in [0.3, 0.4) is 0 Å². The van der Waals surface area contributed by atoms with Crippen molar-refractivity contribution in [3.63, 3.8) is 0 Å². The van der Waals surface area contributed by atoms with Crippen LogP contribution in [-0.2, 0) is 14.3 Å². The summed E-state index contributed by atoms with van der Waals surface area (Å²) in [6.45, 7) is 6.48. The molecule has 2 aromatic carbocycles. The van der Waals surface area contributed by atoms with Gasteiger partial charge in [0.05, 0.1) is 31.9 Å². The molecule has 0 saturated carbocycles. The first-order valence-corrected chi connectivity index (χ1v) is 11.5. The molecule has 2 heterocycles. The van der Waals surface area contributed by atoms with Crippen molar-refractivity contribution in [1.82, 2.24) is 4.90 Å². The molecule has 2 aromatic rings. The van der Waals surface area contributed by atoms with Gasteiger partial charge in [-0.05, 0) is 68.7 Å². The van der Waals surface area contributed by atoms with Crippen LogP contribution in [-0.4, -0.2) is 56.2 Å². The smallest absolute Gasteiger partial charge is 0.278 e. The summed E-state index contributed by atoms with van der Waals surface area (Å²) in [4.78, 5) is 30.2. The van der Waals surface area contributed by atoms with Crippen LogP contribution in [0, 0.1) is 0 Å². The lowest BCUT2D eigenvalue weighted by Crippen LogP contribution is -2.35. The number of ether oxygens (including phenoxy) is 2. The van der Waals surface area contributed by atoms with E-state index in [0.29, 0.717) is 23.5 Å². The number of methoxy groups -OCH3 is 1. The molecule has 1 N–H and O–H groups in total. The lowest BCUT2D eigenvalue weighted by atomic mass is 10.0. The topological polar surface area (TPSA) is 71.1 Å². The van der Waals surface area contributed by atoms with Crippen LogP contribution in [0.5, 0.6) is 5.75 Å². The van der Waals surface area contributed by atoms with Crippen molar-refractivity contribution in [2.45, 2.75) is 32.8 Å². The Kier molecular flexibility index (Phi) is 6.99. The van der Waals surface area contributed by atoms with Crippen molar-refractivity contribution in [1.29, 1.82) is 0 Å². The summed E-state index contributed by atoms with van der Waals surface area (Å²) in [6.07, 6.45) is 2.45. The highest BCUT2D eigenvalue weighted by Gasteiger charge is 2.39. The average molecular weight is 450 g/mol. The molecule has 4 rings (SSSR count). The van der Waals surface area contributed by atoms with Crippen molar-refractivity contribution in [3.05, 3.63) is 59.8 Å². The van der Waals surface area contributed by atoms with Gasteiger partial charge in [0.25, 0.3) is 11.8 Å². The zero-order valence-electron chi connectivity index (χ0n) is 19.5. The van der Waals surface area contributed by atoms with E-state index in [2.05, 4.69) is 22.3 Å². The second-order valence-corrected chi connectivity index (χ2v) is 8.53. The molecular formula is C26H31N3O4. The number of rotatable bonds is 9. The number of nitrogens with one attached hydrogen (secondary N) is 1. The number of amides is 2. The Bertz CT molecular complexity index is 1020. The zero-order valence-corrected chi connectivity index (χ0v) is 19.5. The third-order valence-corrected chi connectivity index (χ3v) is 5.92. The summed E-state index contributed by atoms with van der Waals surface area (Å²) in [5.41, 5.74) is 3.24. The highest BCUT2D eigenvalue weighted by molar-refractivity contribution is 6.36. The van der Waals surface area contributed by atoms with E-state index in [1.807, 2.05) is 26.0 Å². The molecule has 0 atom stereocenters. The van der Waals surface area contributed by atoms with Crippen molar-refractivity contribution in [2.75, 3.05) is 43.6 Å². The molecular weight excluding hydrogens is 418 g/mol. The molecule has 2 amide bonds. The summed E-state index contributed by atoms with van der Waals surface area (Å²) >= 11 is 0. The van der Waals surface area contributed by atoms with E-state index in [9.17, 15) is 9.59 Å². The lowest BCUT2D eigenvalue weighted by Gasteiger charge is -2.18. The maximum atomic E-state index is 13.3. The molecule has 1 saturated heterocycles. The van der Waals surface area contributed by atoms with Gasteiger partial charge in [0.1, 0.15) is 11.4 Å². The van der Waals surface area contributed by atoms with E-state index >= 15 is 0 Å². The highest BCUT2D eigenvalue weighted by atomic mass is 16.5. The van der Waals surface area contributed by atoms with Gasteiger partial charge in [-0.3, -0.25) is 14.5 Å². The quantitative estimate of drug-likeness (QED) is 0.586. The van der Waals surface area contributed by atoms with Gasteiger partial charge >= 0.3 is 0 Å². The van der Waals surface area contributed by atoms with E-state index in [-0.39, 0.29) is 30.2 Å². The van der Waals surface area contributed by atoms with Gasteiger partial charge in [-0.15, -0.1) is 0 Å². The SMILES string of the molecule is COc1ccc(C2=C(Nc3ccc(N4CCCC4)cc3)C(=O)N(CCOC(C)C)C2=O)cc1. The van der Waals surface area contributed by atoms with Crippen molar-refractivity contribution in [3.8, 4) is 5.75 Å². The van der Waals surface area contributed by atoms with Gasteiger partial charge in [0.15, 0.2) is 0 Å². The number of hydrogen-bond acceptors (Lipinski definition) is 6. The molecule has 0 radical (unpaired) electrons. The third kappa shape index (κ3) is 5.03. The summed E-state index contributed by atoms with van der Waals surface area (Å²) in [6, 6.07) is 15.2. The third-order valence-electron chi connectivity index (χ3n) is 5.92. The zero-order chi connectivity index (χ0) is 23.4. The molecule has 7 nitrogen and oxygen atoms in total. The van der Waals surface area contributed by atoms with Crippen LogP contribution in [0.25, 0.3) is 5.57 Å². The number of carbonyl (C=O) groups is 2. The van der Waals surface area contributed by atoms with Crippen LogP contribution >= 0.6 is 0 Å². The van der Waals surface area contributed by atoms with E-state index < -0.39 is 0 Å². The minimum Gasteiger partial charge on any atom is -0.497 e. The molecule has 0 unspecified atom stereocenters.